The molecule has 0 fully saturated rings. The third kappa shape index (κ3) is 3.74. The summed E-state index contributed by atoms with van der Waals surface area (Å²) in [7, 11) is -3.90. The fourth-order valence-corrected chi connectivity index (χ4v) is 2.30. The summed E-state index contributed by atoms with van der Waals surface area (Å²) in [6.45, 7) is 1.86. The molecule has 0 saturated heterocycles. The lowest BCUT2D eigenvalue weighted by Gasteiger charge is -2.20. The number of aryl methyl sites for hydroxylation is 1. The normalized spacial score (nSPS) is 15.4. The molecule has 0 amide bonds. The van der Waals surface area contributed by atoms with E-state index < -0.39 is 28.0 Å². The Morgan fingerprint density at radius 2 is 2.06 bits per heavy atom. The van der Waals surface area contributed by atoms with E-state index in [0.717, 1.165) is 6.07 Å². The molecule has 102 valence electrons. The van der Waals surface area contributed by atoms with Crippen molar-refractivity contribution >= 4 is 10.0 Å². The molecule has 0 bridgehead atoms. The molecule has 3 N–H and O–H groups in total. The van der Waals surface area contributed by atoms with E-state index in [0.29, 0.717) is 5.56 Å². The summed E-state index contributed by atoms with van der Waals surface area (Å²) in [5, 5.41) is 18.3. The van der Waals surface area contributed by atoms with E-state index in [1.807, 2.05) is 0 Å². The lowest BCUT2D eigenvalue weighted by Crippen LogP contribution is -2.43. The summed E-state index contributed by atoms with van der Waals surface area (Å²) in [5.41, 5.74) is -1.22. The number of halogens is 1. The van der Waals surface area contributed by atoms with Crippen LogP contribution in [0.1, 0.15) is 12.5 Å². The van der Waals surface area contributed by atoms with Crippen LogP contribution in [0.3, 0.4) is 0 Å². The van der Waals surface area contributed by atoms with Gasteiger partial charge < -0.3 is 10.2 Å². The van der Waals surface area contributed by atoms with Crippen LogP contribution in [-0.4, -0.2) is 37.4 Å². The van der Waals surface area contributed by atoms with Gasteiger partial charge in [0.15, 0.2) is 0 Å². The van der Waals surface area contributed by atoms with Gasteiger partial charge >= 0.3 is 0 Å². The van der Waals surface area contributed by atoms with E-state index in [-0.39, 0.29) is 11.4 Å². The number of benzene rings is 1. The first-order valence-corrected chi connectivity index (χ1v) is 6.75. The molecule has 1 unspecified atom stereocenters. The van der Waals surface area contributed by atoms with E-state index in [2.05, 4.69) is 4.72 Å². The van der Waals surface area contributed by atoms with E-state index in [9.17, 15) is 17.9 Å². The Morgan fingerprint density at radius 3 is 2.56 bits per heavy atom. The topological polar surface area (TPSA) is 86.6 Å². The number of sulfonamides is 1. The second-order valence-corrected chi connectivity index (χ2v) is 6.16. The van der Waals surface area contributed by atoms with Crippen LogP contribution in [0.4, 0.5) is 4.39 Å². The largest absolute Gasteiger partial charge is 0.393 e. The Balaban J connectivity index is 2.90. The average Bonchev–Trinajstić information content (AvgIpc) is 2.30. The van der Waals surface area contributed by atoms with Gasteiger partial charge in [0.25, 0.3) is 0 Å². The maximum atomic E-state index is 13.3. The third-order valence-electron chi connectivity index (χ3n) is 2.44. The summed E-state index contributed by atoms with van der Waals surface area (Å²) >= 11 is 0. The van der Waals surface area contributed by atoms with Crippen molar-refractivity contribution in [3.63, 3.8) is 0 Å². The van der Waals surface area contributed by atoms with Crippen LogP contribution in [0.25, 0.3) is 0 Å². The minimum absolute atomic E-state index is 0.223. The molecule has 1 aromatic carbocycles. The van der Waals surface area contributed by atoms with Crippen molar-refractivity contribution in [2.24, 2.45) is 0 Å². The van der Waals surface area contributed by atoms with Gasteiger partial charge in [-0.15, -0.1) is 0 Å². The minimum atomic E-state index is -3.90. The molecule has 18 heavy (non-hydrogen) atoms. The number of aliphatic hydroxyl groups excluding tert-OH is 1. The fraction of sp³-hybridized carbons (Fsp3) is 0.455. The quantitative estimate of drug-likeness (QED) is 0.715. The molecule has 0 aliphatic heterocycles. The molecular weight excluding hydrogens is 261 g/mol. The van der Waals surface area contributed by atoms with Crippen LogP contribution in [0.2, 0.25) is 0 Å². The van der Waals surface area contributed by atoms with E-state index in [4.69, 9.17) is 5.11 Å². The van der Waals surface area contributed by atoms with Gasteiger partial charge in [-0.3, -0.25) is 0 Å². The molecule has 1 atom stereocenters. The first-order valence-electron chi connectivity index (χ1n) is 5.27. The lowest BCUT2D eigenvalue weighted by atomic mass is 10.1. The zero-order valence-corrected chi connectivity index (χ0v) is 11.0. The monoisotopic (exact) mass is 277 g/mol. The Morgan fingerprint density at radius 1 is 1.44 bits per heavy atom. The molecule has 0 aromatic heterocycles. The lowest BCUT2D eigenvalue weighted by molar-refractivity contribution is 0.00681. The van der Waals surface area contributed by atoms with Gasteiger partial charge in [0, 0.05) is 6.54 Å². The van der Waals surface area contributed by atoms with Crippen molar-refractivity contribution in [2.45, 2.75) is 24.3 Å². The molecule has 0 saturated carbocycles. The Kier molecular flexibility index (Phi) is 4.44. The van der Waals surface area contributed by atoms with Crippen LogP contribution in [0.15, 0.2) is 23.1 Å². The highest BCUT2D eigenvalue weighted by atomic mass is 32.2. The van der Waals surface area contributed by atoms with Gasteiger partial charge in [-0.1, -0.05) is 6.07 Å². The standard InChI is InChI=1S/C11H16FNO4S/c1-8-3-4-9(5-10(8)12)18(16,17)13-6-11(2,15)7-14/h3-5,13-15H,6-7H2,1-2H3. The van der Waals surface area contributed by atoms with Crippen molar-refractivity contribution in [3.05, 3.63) is 29.6 Å². The van der Waals surface area contributed by atoms with Crippen molar-refractivity contribution in [2.75, 3.05) is 13.2 Å². The van der Waals surface area contributed by atoms with Gasteiger partial charge in [0.1, 0.15) is 5.82 Å². The Bertz CT molecular complexity index is 528. The zero-order valence-electron chi connectivity index (χ0n) is 10.1. The smallest absolute Gasteiger partial charge is 0.240 e. The summed E-state index contributed by atoms with van der Waals surface area (Å²) in [5.74, 6) is -0.619. The number of hydrogen-bond donors (Lipinski definition) is 3. The maximum Gasteiger partial charge on any atom is 0.240 e. The second-order valence-electron chi connectivity index (χ2n) is 4.39. The van der Waals surface area contributed by atoms with Gasteiger partial charge in [-0.25, -0.2) is 17.5 Å². The highest BCUT2D eigenvalue weighted by molar-refractivity contribution is 7.89. The molecule has 0 spiro atoms. The molecule has 1 rings (SSSR count). The second kappa shape index (κ2) is 5.31. The SMILES string of the molecule is Cc1ccc(S(=O)(=O)NCC(C)(O)CO)cc1F. The first kappa shape index (κ1) is 15.0. The number of nitrogens with one attached hydrogen (secondary N) is 1. The first-order chi connectivity index (χ1) is 8.18. The summed E-state index contributed by atoms with van der Waals surface area (Å²) in [6, 6.07) is 3.54. The van der Waals surface area contributed by atoms with Crippen LogP contribution in [0, 0.1) is 12.7 Å². The van der Waals surface area contributed by atoms with Crippen molar-refractivity contribution in [1.82, 2.24) is 4.72 Å². The van der Waals surface area contributed by atoms with Gasteiger partial charge in [0.2, 0.25) is 10.0 Å². The molecule has 0 heterocycles. The molecule has 7 heteroatoms. The van der Waals surface area contributed by atoms with Crippen molar-refractivity contribution < 1.29 is 23.0 Å². The van der Waals surface area contributed by atoms with Crippen LogP contribution < -0.4 is 4.72 Å². The number of aliphatic hydroxyl groups is 2. The third-order valence-corrected chi connectivity index (χ3v) is 3.84. The summed E-state index contributed by atoms with van der Waals surface area (Å²) in [6.07, 6.45) is 0. The summed E-state index contributed by atoms with van der Waals surface area (Å²) in [4.78, 5) is -0.223. The maximum absolute atomic E-state index is 13.3. The van der Waals surface area contributed by atoms with E-state index >= 15 is 0 Å². The van der Waals surface area contributed by atoms with Gasteiger partial charge in [-0.2, -0.15) is 0 Å². The van der Waals surface area contributed by atoms with Crippen LogP contribution in [0.5, 0.6) is 0 Å². The van der Waals surface area contributed by atoms with Crippen molar-refractivity contribution in [1.29, 1.82) is 0 Å². The molecule has 0 aliphatic carbocycles. The van der Waals surface area contributed by atoms with E-state index in [1.54, 1.807) is 0 Å². The molecule has 1 aromatic rings. The summed E-state index contributed by atoms with van der Waals surface area (Å²) < 4.78 is 39.0. The average molecular weight is 277 g/mol. The Labute approximate surface area is 105 Å². The number of rotatable bonds is 5. The molecule has 5 nitrogen and oxygen atoms in total. The zero-order chi connectivity index (χ0) is 14.0. The predicted octanol–water partition coefficient (Wildman–Crippen LogP) is 0.156. The molecule has 0 radical (unpaired) electrons. The number of hydrogen-bond acceptors (Lipinski definition) is 4. The van der Waals surface area contributed by atoms with E-state index in [1.165, 1.54) is 26.0 Å². The molecule has 0 aliphatic rings. The highest BCUT2D eigenvalue weighted by Crippen LogP contribution is 2.14. The van der Waals surface area contributed by atoms with Gasteiger partial charge in [-0.05, 0) is 31.5 Å². The molecular formula is C11H16FNO4S. The van der Waals surface area contributed by atoms with Crippen LogP contribution >= 0.6 is 0 Å². The van der Waals surface area contributed by atoms with Gasteiger partial charge in [0.05, 0.1) is 17.1 Å². The Hall–Kier alpha value is -1.02. The predicted molar refractivity (Wildman–Crippen MR) is 64.0 cm³/mol. The fourth-order valence-electron chi connectivity index (χ4n) is 1.13. The highest BCUT2D eigenvalue weighted by Gasteiger charge is 2.23. The van der Waals surface area contributed by atoms with Crippen LogP contribution in [-0.2, 0) is 10.0 Å². The van der Waals surface area contributed by atoms with Crippen molar-refractivity contribution in [3.8, 4) is 0 Å². The minimum Gasteiger partial charge on any atom is -0.393 e.